The van der Waals surface area contributed by atoms with E-state index < -0.39 is 42.6 Å². The molecule has 0 fully saturated rings. The zero-order chi connectivity index (χ0) is 57.6. The van der Waals surface area contributed by atoms with E-state index in [0.717, 1.165) is 39.0 Å². The molecule has 1 aliphatic heterocycles. The Balaban J connectivity index is 0.00000736. The predicted molar refractivity (Wildman–Crippen MR) is 293 cm³/mol. The van der Waals surface area contributed by atoms with Gasteiger partial charge in [-0.1, -0.05) is 153 Å². The number of benzene rings is 7. The molecule has 0 unspecified atom stereocenters. The molecule has 1 aliphatic rings. The van der Waals surface area contributed by atoms with Crippen molar-refractivity contribution in [3.05, 3.63) is 186 Å². The number of aromatic nitrogens is 3. The summed E-state index contributed by atoms with van der Waals surface area (Å²) >= 11 is 0. The summed E-state index contributed by atoms with van der Waals surface area (Å²) in [6.45, 7) is 23.4. The number of hydrogen-bond donors (Lipinski definition) is 0. The normalized spacial score (nSPS) is 15.2. The Labute approximate surface area is 446 Å². The van der Waals surface area contributed by atoms with Gasteiger partial charge in [0, 0.05) is 66.2 Å². The number of nitrogens with zero attached hydrogens (tertiary/aromatic N) is 5. The number of pyridine rings is 1. The fourth-order valence-electron chi connectivity index (χ4n) is 9.33. The molecule has 0 saturated carbocycles. The van der Waals surface area contributed by atoms with Crippen LogP contribution in [0.1, 0.15) is 112 Å². The number of rotatable bonds is 8. The van der Waals surface area contributed by atoms with Crippen LogP contribution in [0.25, 0.3) is 55.1 Å². The number of ether oxygens (including phenoxy) is 1. The van der Waals surface area contributed by atoms with Gasteiger partial charge in [0.15, 0.2) is 0 Å². The third-order valence-electron chi connectivity index (χ3n) is 13.0. The zero-order valence-corrected chi connectivity index (χ0v) is 44.1. The van der Waals surface area contributed by atoms with E-state index in [1.807, 2.05) is 100 Å². The number of fused-ring (bicyclic) bond motifs is 7. The molecule has 11 rings (SSSR count). The minimum absolute atomic E-state index is 0. The third-order valence-corrected chi connectivity index (χ3v) is 13.0. The fourth-order valence-corrected chi connectivity index (χ4v) is 9.33. The van der Waals surface area contributed by atoms with E-state index in [4.69, 9.17) is 20.7 Å². The molecule has 0 N–H and O–H groups in total. The molecular weight excluding hydrogens is 1050 g/mol. The Kier molecular flexibility index (Phi) is 9.27. The Morgan fingerprint density at radius 2 is 1.28 bits per heavy atom. The number of hydrogen-bond acceptors (Lipinski definition) is 2. The predicted octanol–water partition coefficient (Wildman–Crippen LogP) is 16.6. The molecule has 0 saturated heterocycles. The molecule has 0 bridgehead atoms. The first-order valence-electron chi connectivity index (χ1n) is 28.8. The first kappa shape index (κ1) is 37.0. The summed E-state index contributed by atoms with van der Waals surface area (Å²) in [5.41, 5.74) is 8.04. The standard InChI is InChI=1S/C64H61N5O.Pt/c1-41(2)32-42-18-16-25-58-61(42)67(48-34-44(63(6,7)8)33-45(35-48)64(9,10)11)40-66(58)46-19-17-20-49(37-46)70-50-27-28-53-54-38-47(68-55-23-14-12-21-51(55)52-22-13-15-24-56(52)68)26-29-57(54)69(59(53)39-50)60-36-43(30-31-65-60)62(3,4)5;/h12-31,33-36,38,41H,32H2,1-11H3;/q;+2/i12D,13D,14D,15D,21D,22D,23D,24D,32D2;. The summed E-state index contributed by atoms with van der Waals surface area (Å²) < 4.78 is 104. The van der Waals surface area contributed by atoms with E-state index in [1.165, 1.54) is 4.57 Å². The molecule has 71 heavy (non-hydrogen) atoms. The van der Waals surface area contributed by atoms with Crippen molar-refractivity contribution in [3.8, 4) is 23.0 Å². The van der Waals surface area contributed by atoms with Crippen LogP contribution in [-0.2, 0) is 43.7 Å². The summed E-state index contributed by atoms with van der Waals surface area (Å²) in [5, 5.41) is 1.45. The van der Waals surface area contributed by atoms with Gasteiger partial charge in [0.2, 0.25) is 5.69 Å². The minimum atomic E-state index is -1.69. The van der Waals surface area contributed by atoms with Gasteiger partial charge >= 0.3 is 32.8 Å². The molecule has 4 heterocycles. The monoisotopic (exact) mass is 1120 g/mol. The second-order valence-electron chi connectivity index (χ2n) is 21.6. The van der Waals surface area contributed by atoms with Gasteiger partial charge in [-0.05, 0) is 97.6 Å². The summed E-state index contributed by atoms with van der Waals surface area (Å²) in [5.74, 6) is 1.04. The zero-order valence-electron chi connectivity index (χ0n) is 51.9. The SMILES string of the molecule is [2H]c1c([2H])c([2H])c2c(c1[2H])c1c([2H])c([2H])c([2H])c([2H])c1n2-c1ccc2c(c1)c1ccc(Oc3[c-]c([N+]4=C=[N+](c5cc(C(C)(C)C)cc(C(C)(C)C)c5)c5c4cccc5C([2H])([2H])C(C)C)ccc3)[c-]c1n2-c1cc(C(C)(C)C)ccn1.[Pt+2]. The molecule has 356 valence electrons. The van der Waals surface area contributed by atoms with Crippen molar-refractivity contribution in [2.45, 2.75) is 98.8 Å². The van der Waals surface area contributed by atoms with Gasteiger partial charge in [-0.25, -0.2) is 4.98 Å². The number of para-hydroxylation sites is 3. The first-order valence-corrected chi connectivity index (χ1v) is 23.8. The molecule has 7 aromatic carbocycles. The van der Waals surface area contributed by atoms with E-state index >= 15 is 0 Å². The second kappa shape index (κ2) is 17.8. The first-order chi connectivity index (χ1) is 37.5. The maximum atomic E-state index is 9.42. The fraction of sp³-hybridized carbons (Fsp3) is 0.250. The Morgan fingerprint density at radius 1 is 0.634 bits per heavy atom. The van der Waals surface area contributed by atoms with Crippen LogP contribution < -0.4 is 13.9 Å². The molecule has 0 atom stereocenters. The van der Waals surface area contributed by atoms with Gasteiger partial charge in [0.1, 0.15) is 11.5 Å². The van der Waals surface area contributed by atoms with Crippen LogP contribution in [0.3, 0.4) is 0 Å². The van der Waals surface area contributed by atoms with Crippen molar-refractivity contribution in [1.82, 2.24) is 23.3 Å². The molecule has 0 radical (unpaired) electrons. The van der Waals surface area contributed by atoms with Crippen LogP contribution in [0.5, 0.6) is 11.5 Å². The van der Waals surface area contributed by atoms with Gasteiger partial charge < -0.3 is 13.9 Å². The Hall–Kier alpha value is -6.84. The van der Waals surface area contributed by atoms with Crippen molar-refractivity contribution >= 4 is 72.4 Å². The molecule has 3 aromatic heterocycles. The van der Waals surface area contributed by atoms with Gasteiger partial charge in [0.25, 0.3) is 5.69 Å². The second-order valence-corrected chi connectivity index (χ2v) is 21.6. The van der Waals surface area contributed by atoms with Gasteiger partial charge in [-0.15, -0.1) is 23.6 Å². The van der Waals surface area contributed by atoms with Crippen molar-refractivity contribution in [2.24, 2.45) is 5.92 Å². The molecule has 6 nitrogen and oxygen atoms in total. The average Bonchev–Trinajstić information content (AvgIpc) is 3.81. The molecule has 0 aliphatic carbocycles. The average molecular weight is 1120 g/mol. The molecule has 0 spiro atoms. The van der Waals surface area contributed by atoms with Gasteiger partial charge in [-0.2, -0.15) is 12.1 Å². The van der Waals surface area contributed by atoms with E-state index in [9.17, 15) is 2.74 Å². The van der Waals surface area contributed by atoms with E-state index in [1.54, 1.807) is 12.3 Å². The Bertz CT molecular complexity index is 4270. The summed E-state index contributed by atoms with van der Waals surface area (Å²) in [6.07, 6.45) is 0.0864. The van der Waals surface area contributed by atoms with E-state index in [0.29, 0.717) is 50.8 Å². The molecule has 0 amide bonds. The summed E-state index contributed by atoms with van der Waals surface area (Å²) in [7, 11) is 0. The quantitative estimate of drug-likeness (QED) is 0.112. The van der Waals surface area contributed by atoms with Crippen molar-refractivity contribution in [2.75, 3.05) is 0 Å². The molecular formula is C64H61N5OPt+2. The maximum Gasteiger partial charge on any atom is 2.00 e. The summed E-state index contributed by atoms with van der Waals surface area (Å²) in [4.78, 5) is 4.89. The van der Waals surface area contributed by atoms with Crippen LogP contribution in [-0.4, -0.2) is 20.1 Å². The molecule has 7 heteroatoms. The van der Waals surface area contributed by atoms with Gasteiger partial charge in [0.05, 0.1) is 22.0 Å². The van der Waals surface area contributed by atoms with Crippen LogP contribution in [0.4, 0.5) is 22.7 Å². The summed E-state index contributed by atoms with van der Waals surface area (Å²) in [6, 6.07) is 38.4. The third kappa shape index (κ3) is 8.66. The van der Waals surface area contributed by atoms with E-state index in [-0.39, 0.29) is 77.1 Å². The van der Waals surface area contributed by atoms with Crippen LogP contribution in [0.15, 0.2) is 152 Å². The van der Waals surface area contributed by atoms with Crippen molar-refractivity contribution in [1.29, 1.82) is 0 Å². The van der Waals surface area contributed by atoms with Crippen LogP contribution in [0.2, 0.25) is 0 Å². The van der Waals surface area contributed by atoms with Crippen LogP contribution in [0, 0.1) is 18.1 Å². The maximum absolute atomic E-state index is 9.42. The van der Waals surface area contributed by atoms with Crippen molar-refractivity contribution < 1.29 is 39.5 Å². The van der Waals surface area contributed by atoms with Gasteiger partial charge in [-0.3, -0.25) is 0 Å². The van der Waals surface area contributed by atoms with E-state index in [2.05, 4.69) is 98.7 Å². The smallest absolute Gasteiger partial charge is 0.509 e. The largest absolute Gasteiger partial charge is 2.00 e. The molecule has 10 aromatic rings. The van der Waals surface area contributed by atoms with Crippen molar-refractivity contribution in [3.63, 3.8) is 0 Å². The minimum Gasteiger partial charge on any atom is -0.509 e. The Morgan fingerprint density at radius 3 is 1.94 bits per heavy atom. The topological polar surface area (TPSA) is 38.0 Å². The van der Waals surface area contributed by atoms with Crippen LogP contribution >= 0.6 is 0 Å².